The van der Waals surface area contributed by atoms with E-state index in [1.54, 1.807) is 0 Å². The molecule has 0 atom stereocenters. The lowest BCUT2D eigenvalue weighted by atomic mass is 10.0. The number of pyridine rings is 1. The van der Waals surface area contributed by atoms with Crippen LogP contribution in [0.3, 0.4) is 0 Å². The first-order valence-corrected chi connectivity index (χ1v) is 6.69. The number of hydrogen-bond donors (Lipinski definition) is 2. The fourth-order valence-corrected chi connectivity index (χ4v) is 2.57. The molecule has 0 radical (unpaired) electrons. The van der Waals surface area contributed by atoms with Gasteiger partial charge in [-0.3, -0.25) is 10.1 Å². The largest absolute Gasteiger partial charge is 0.477 e. The van der Waals surface area contributed by atoms with Crippen LogP contribution in [-0.2, 0) is 0 Å². The van der Waals surface area contributed by atoms with E-state index in [4.69, 9.17) is 5.11 Å². The third-order valence-corrected chi connectivity index (χ3v) is 3.64. The lowest BCUT2D eigenvalue weighted by Gasteiger charge is -2.10. The topological polar surface area (TPSA) is 105 Å². The average Bonchev–Trinajstić information content (AvgIpc) is 2.91. The molecule has 1 aromatic rings. The van der Waals surface area contributed by atoms with E-state index >= 15 is 0 Å². The summed E-state index contributed by atoms with van der Waals surface area (Å²) in [6.07, 6.45) is 7.06. The van der Waals surface area contributed by atoms with Crippen LogP contribution in [0.5, 0.6) is 0 Å². The van der Waals surface area contributed by atoms with Crippen LogP contribution in [0.4, 0.5) is 11.5 Å². The quantitative estimate of drug-likeness (QED) is 0.612. The van der Waals surface area contributed by atoms with E-state index in [0.29, 0.717) is 12.4 Å². The lowest BCUT2D eigenvalue weighted by molar-refractivity contribution is -0.385. The highest BCUT2D eigenvalue weighted by molar-refractivity contribution is 5.93. The molecule has 7 nitrogen and oxygen atoms in total. The number of nitrogens with one attached hydrogen (secondary N) is 1. The summed E-state index contributed by atoms with van der Waals surface area (Å²) in [4.78, 5) is 24.9. The van der Waals surface area contributed by atoms with Crippen molar-refractivity contribution in [1.29, 1.82) is 0 Å². The molecule has 108 valence electrons. The van der Waals surface area contributed by atoms with Gasteiger partial charge in [0.2, 0.25) is 0 Å². The fourth-order valence-electron chi connectivity index (χ4n) is 2.57. The maximum atomic E-state index is 11.0. The zero-order valence-electron chi connectivity index (χ0n) is 11.0. The predicted molar refractivity (Wildman–Crippen MR) is 72.9 cm³/mol. The number of aromatic nitrogens is 1. The van der Waals surface area contributed by atoms with Crippen LogP contribution in [0.15, 0.2) is 12.3 Å². The molecule has 0 aliphatic heterocycles. The third kappa shape index (κ3) is 3.43. The second-order valence-electron chi connectivity index (χ2n) is 5.01. The van der Waals surface area contributed by atoms with Gasteiger partial charge in [0.1, 0.15) is 17.6 Å². The molecule has 0 unspecified atom stereocenters. The second-order valence-corrected chi connectivity index (χ2v) is 5.01. The molecule has 1 fully saturated rings. The number of carbonyl (C=O) groups is 1. The number of nitrogens with zero attached hydrogens (tertiary/aromatic N) is 2. The number of carboxylic acids is 1. The van der Waals surface area contributed by atoms with Crippen LogP contribution < -0.4 is 5.32 Å². The summed E-state index contributed by atoms with van der Waals surface area (Å²) in [5.74, 6) is -0.233. The van der Waals surface area contributed by atoms with Gasteiger partial charge in [0.05, 0.1) is 4.92 Å². The van der Waals surface area contributed by atoms with Crippen molar-refractivity contribution in [2.75, 3.05) is 11.9 Å². The first kappa shape index (κ1) is 14.2. The summed E-state index contributed by atoms with van der Waals surface area (Å²) >= 11 is 0. The Hall–Kier alpha value is -2.18. The van der Waals surface area contributed by atoms with Crippen molar-refractivity contribution in [2.24, 2.45) is 5.92 Å². The molecule has 0 aromatic carbocycles. The third-order valence-electron chi connectivity index (χ3n) is 3.64. The highest BCUT2D eigenvalue weighted by Gasteiger charge is 2.21. The van der Waals surface area contributed by atoms with Gasteiger partial charge in [-0.1, -0.05) is 25.7 Å². The minimum Gasteiger partial charge on any atom is -0.477 e. The normalized spacial score (nSPS) is 15.2. The van der Waals surface area contributed by atoms with Crippen LogP contribution in [0.25, 0.3) is 0 Å². The Kier molecular flexibility index (Phi) is 4.49. The number of rotatable bonds is 6. The molecule has 1 saturated carbocycles. The zero-order valence-corrected chi connectivity index (χ0v) is 11.0. The second kappa shape index (κ2) is 6.31. The van der Waals surface area contributed by atoms with Crippen LogP contribution in [-0.4, -0.2) is 27.5 Å². The van der Waals surface area contributed by atoms with E-state index in [1.165, 1.54) is 31.7 Å². The van der Waals surface area contributed by atoms with E-state index in [-0.39, 0.29) is 5.56 Å². The molecule has 0 amide bonds. The molecule has 0 saturated heterocycles. The van der Waals surface area contributed by atoms with Gasteiger partial charge in [0, 0.05) is 12.6 Å². The van der Waals surface area contributed by atoms with E-state index in [1.807, 2.05) is 0 Å². The molecular formula is C13H17N3O4. The number of nitro groups is 1. The lowest BCUT2D eigenvalue weighted by Crippen LogP contribution is -2.10. The SMILES string of the molecule is O=C(O)c1cc(NCCC2CCCC2)ncc1[N+](=O)[O-]. The summed E-state index contributed by atoms with van der Waals surface area (Å²) in [6.45, 7) is 0.703. The Balaban J connectivity index is 1.99. The summed E-state index contributed by atoms with van der Waals surface area (Å²) in [5.41, 5.74) is -0.827. The van der Waals surface area contributed by atoms with Gasteiger partial charge >= 0.3 is 11.7 Å². The van der Waals surface area contributed by atoms with Crippen molar-refractivity contribution in [3.63, 3.8) is 0 Å². The molecule has 1 aliphatic carbocycles. The first-order chi connectivity index (χ1) is 9.58. The standard InChI is InChI=1S/C13H17N3O4/c17-13(18)10-7-12(15-8-11(10)16(19)20)14-6-5-9-3-1-2-4-9/h7-9H,1-6H2,(H,14,15)(H,17,18). The van der Waals surface area contributed by atoms with Crippen LogP contribution in [0, 0.1) is 16.0 Å². The summed E-state index contributed by atoms with van der Waals surface area (Å²) in [6, 6.07) is 1.22. The number of hydrogen-bond acceptors (Lipinski definition) is 5. The Morgan fingerprint density at radius 2 is 2.20 bits per heavy atom. The summed E-state index contributed by atoms with van der Waals surface area (Å²) < 4.78 is 0. The van der Waals surface area contributed by atoms with Crippen molar-refractivity contribution >= 4 is 17.5 Å². The van der Waals surface area contributed by atoms with Gasteiger partial charge in [-0.15, -0.1) is 0 Å². The Bertz CT molecular complexity index is 512. The van der Waals surface area contributed by atoms with Crippen molar-refractivity contribution in [1.82, 2.24) is 4.98 Å². The maximum Gasteiger partial charge on any atom is 0.342 e. The fraction of sp³-hybridized carbons (Fsp3) is 0.538. The summed E-state index contributed by atoms with van der Waals surface area (Å²) in [7, 11) is 0. The van der Waals surface area contributed by atoms with Crippen LogP contribution in [0.2, 0.25) is 0 Å². The molecule has 1 aliphatic rings. The Morgan fingerprint density at radius 3 is 2.80 bits per heavy atom. The van der Waals surface area contributed by atoms with Crippen LogP contribution >= 0.6 is 0 Å². The van der Waals surface area contributed by atoms with Crippen molar-refractivity contribution in [3.05, 3.63) is 27.9 Å². The van der Waals surface area contributed by atoms with Gasteiger partial charge in [-0.2, -0.15) is 0 Å². The van der Waals surface area contributed by atoms with Crippen molar-refractivity contribution in [3.8, 4) is 0 Å². The average molecular weight is 279 g/mol. The molecule has 0 bridgehead atoms. The molecule has 0 spiro atoms. The molecular weight excluding hydrogens is 262 g/mol. The Labute approximate surface area is 116 Å². The maximum absolute atomic E-state index is 11.0. The molecule has 1 heterocycles. The van der Waals surface area contributed by atoms with Gasteiger partial charge in [-0.05, 0) is 12.3 Å². The van der Waals surface area contributed by atoms with Crippen molar-refractivity contribution < 1.29 is 14.8 Å². The minimum absolute atomic E-state index is 0.339. The predicted octanol–water partition coefficient (Wildman–Crippen LogP) is 2.68. The Morgan fingerprint density at radius 1 is 1.50 bits per heavy atom. The molecule has 2 rings (SSSR count). The van der Waals surface area contributed by atoms with Gasteiger partial charge in [0.25, 0.3) is 0 Å². The molecule has 20 heavy (non-hydrogen) atoms. The first-order valence-electron chi connectivity index (χ1n) is 6.69. The molecule has 1 aromatic heterocycles. The highest BCUT2D eigenvalue weighted by Crippen LogP contribution is 2.27. The monoisotopic (exact) mass is 279 g/mol. The summed E-state index contributed by atoms with van der Waals surface area (Å²) in [5, 5.41) is 22.7. The van der Waals surface area contributed by atoms with E-state index in [2.05, 4.69) is 10.3 Å². The van der Waals surface area contributed by atoms with E-state index < -0.39 is 16.6 Å². The minimum atomic E-state index is -1.32. The van der Waals surface area contributed by atoms with Gasteiger partial charge < -0.3 is 10.4 Å². The van der Waals surface area contributed by atoms with Gasteiger partial charge in [-0.25, -0.2) is 9.78 Å². The van der Waals surface area contributed by atoms with E-state index in [9.17, 15) is 14.9 Å². The zero-order chi connectivity index (χ0) is 14.5. The number of aromatic carboxylic acids is 1. The van der Waals surface area contributed by atoms with Crippen LogP contribution in [0.1, 0.15) is 42.5 Å². The molecule has 2 N–H and O–H groups in total. The van der Waals surface area contributed by atoms with E-state index in [0.717, 1.165) is 18.5 Å². The van der Waals surface area contributed by atoms with Gasteiger partial charge in [0.15, 0.2) is 0 Å². The number of carboxylic acid groups (broad SMARTS) is 1. The smallest absolute Gasteiger partial charge is 0.342 e. The number of anilines is 1. The molecule has 7 heteroatoms. The highest BCUT2D eigenvalue weighted by atomic mass is 16.6. The van der Waals surface area contributed by atoms with Crippen molar-refractivity contribution in [2.45, 2.75) is 32.1 Å².